The molecular weight excluding hydrogens is 292 g/mol. The van der Waals surface area contributed by atoms with E-state index in [0.29, 0.717) is 11.4 Å². The van der Waals surface area contributed by atoms with Crippen molar-refractivity contribution in [2.24, 2.45) is 0 Å². The molecule has 0 aliphatic rings. The Labute approximate surface area is 133 Å². The predicted octanol–water partition coefficient (Wildman–Crippen LogP) is 5.13. The molecule has 0 radical (unpaired) electrons. The van der Waals surface area contributed by atoms with Crippen LogP contribution in [0.15, 0.2) is 78.9 Å². The second kappa shape index (κ2) is 6.62. The van der Waals surface area contributed by atoms with Gasteiger partial charge >= 0.3 is 0 Å². The largest absolute Gasteiger partial charge is 0.457 e. The number of nitro groups is 1. The summed E-state index contributed by atoms with van der Waals surface area (Å²) < 4.78 is 5.71. The van der Waals surface area contributed by atoms with Crippen molar-refractivity contribution in [3.05, 3.63) is 89.0 Å². The first-order chi connectivity index (χ1) is 11.2. The number of anilines is 2. The number of hydrogen-bond acceptors (Lipinski definition) is 4. The van der Waals surface area contributed by atoms with Gasteiger partial charge in [-0.15, -0.1) is 0 Å². The van der Waals surface area contributed by atoms with Crippen molar-refractivity contribution in [2.75, 3.05) is 5.32 Å². The fourth-order valence-corrected chi connectivity index (χ4v) is 2.12. The molecule has 23 heavy (non-hydrogen) atoms. The molecule has 0 aliphatic heterocycles. The second-order valence-corrected chi connectivity index (χ2v) is 4.84. The molecule has 3 aromatic carbocycles. The molecule has 0 amide bonds. The van der Waals surface area contributed by atoms with Crippen LogP contribution in [-0.2, 0) is 0 Å². The molecule has 0 saturated carbocycles. The molecule has 5 nitrogen and oxygen atoms in total. The van der Waals surface area contributed by atoms with E-state index in [9.17, 15) is 10.1 Å². The summed E-state index contributed by atoms with van der Waals surface area (Å²) in [7, 11) is 0. The van der Waals surface area contributed by atoms with E-state index in [4.69, 9.17) is 4.74 Å². The first-order valence-electron chi connectivity index (χ1n) is 7.06. The normalized spacial score (nSPS) is 10.1. The number of rotatable bonds is 5. The average Bonchev–Trinajstić information content (AvgIpc) is 2.58. The van der Waals surface area contributed by atoms with Gasteiger partial charge < -0.3 is 10.1 Å². The van der Waals surface area contributed by atoms with Crippen LogP contribution in [0.5, 0.6) is 11.5 Å². The zero-order valence-corrected chi connectivity index (χ0v) is 12.2. The fraction of sp³-hybridized carbons (Fsp3) is 0. The van der Waals surface area contributed by atoms with Crippen LogP contribution in [-0.4, -0.2) is 4.92 Å². The Hall–Kier alpha value is -3.34. The number of benzene rings is 3. The van der Waals surface area contributed by atoms with Crippen LogP contribution >= 0.6 is 0 Å². The quantitative estimate of drug-likeness (QED) is 0.524. The van der Waals surface area contributed by atoms with Gasteiger partial charge in [-0.05, 0) is 42.5 Å². The molecule has 0 aliphatic carbocycles. The summed E-state index contributed by atoms with van der Waals surface area (Å²) in [5.74, 6) is 1.45. The molecule has 0 aromatic heterocycles. The van der Waals surface area contributed by atoms with E-state index in [2.05, 4.69) is 5.32 Å². The fourth-order valence-electron chi connectivity index (χ4n) is 2.12. The summed E-state index contributed by atoms with van der Waals surface area (Å²) in [4.78, 5) is 10.6. The van der Waals surface area contributed by atoms with Crippen molar-refractivity contribution in [3.8, 4) is 11.5 Å². The molecule has 0 bridgehead atoms. The lowest BCUT2D eigenvalue weighted by atomic mass is 10.2. The van der Waals surface area contributed by atoms with Gasteiger partial charge in [0, 0.05) is 11.8 Å². The SMILES string of the molecule is O=[N+]([O-])c1ccccc1Nc1ccc(Oc2ccccc2)cc1. The van der Waals surface area contributed by atoms with Crippen LogP contribution in [0.2, 0.25) is 0 Å². The summed E-state index contributed by atoms with van der Waals surface area (Å²) in [6.07, 6.45) is 0. The highest BCUT2D eigenvalue weighted by molar-refractivity contribution is 5.69. The maximum atomic E-state index is 11.0. The van der Waals surface area contributed by atoms with Gasteiger partial charge in [-0.2, -0.15) is 0 Å². The van der Waals surface area contributed by atoms with Crippen molar-refractivity contribution in [3.63, 3.8) is 0 Å². The van der Waals surface area contributed by atoms with E-state index in [1.54, 1.807) is 18.2 Å². The molecule has 1 N–H and O–H groups in total. The molecule has 3 rings (SSSR count). The van der Waals surface area contributed by atoms with Crippen LogP contribution in [0.25, 0.3) is 0 Å². The molecule has 3 aromatic rings. The number of hydrogen-bond donors (Lipinski definition) is 1. The highest BCUT2D eigenvalue weighted by atomic mass is 16.6. The van der Waals surface area contributed by atoms with Gasteiger partial charge in [0.05, 0.1) is 4.92 Å². The highest BCUT2D eigenvalue weighted by Crippen LogP contribution is 2.28. The van der Waals surface area contributed by atoms with Gasteiger partial charge in [0.1, 0.15) is 17.2 Å². The Bertz CT molecular complexity index is 802. The summed E-state index contributed by atoms with van der Waals surface area (Å²) in [5, 5.41) is 14.1. The molecule has 5 heteroatoms. The summed E-state index contributed by atoms with van der Waals surface area (Å²) in [5.41, 5.74) is 1.24. The Morgan fingerprint density at radius 1 is 0.783 bits per heavy atom. The van der Waals surface area contributed by atoms with E-state index >= 15 is 0 Å². The third-order valence-corrected chi connectivity index (χ3v) is 3.21. The maximum absolute atomic E-state index is 11.0. The lowest BCUT2D eigenvalue weighted by Crippen LogP contribution is -1.96. The minimum absolute atomic E-state index is 0.0390. The predicted molar refractivity (Wildman–Crippen MR) is 89.3 cm³/mol. The molecule has 0 saturated heterocycles. The number of para-hydroxylation sites is 3. The van der Waals surface area contributed by atoms with Crippen molar-refractivity contribution in [2.45, 2.75) is 0 Å². The van der Waals surface area contributed by atoms with Crippen LogP contribution < -0.4 is 10.1 Å². The maximum Gasteiger partial charge on any atom is 0.292 e. The highest BCUT2D eigenvalue weighted by Gasteiger charge is 2.12. The van der Waals surface area contributed by atoms with Crippen LogP contribution in [0.1, 0.15) is 0 Å². The minimum Gasteiger partial charge on any atom is -0.457 e. The molecule has 114 valence electrons. The zero-order valence-electron chi connectivity index (χ0n) is 12.2. The summed E-state index contributed by atoms with van der Waals surface area (Å²) in [6.45, 7) is 0. The van der Waals surface area contributed by atoms with E-state index in [-0.39, 0.29) is 5.69 Å². The van der Waals surface area contributed by atoms with Gasteiger partial charge in [0.25, 0.3) is 5.69 Å². The molecule has 0 spiro atoms. The second-order valence-electron chi connectivity index (χ2n) is 4.84. The molecule has 0 atom stereocenters. The van der Waals surface area contributed by atoms with E-state index < -0.39 is 4.92 Å². The lowest BCUT2D eigenvalue weighted by molar-refractivity contribution is -0.383. The monoisotopic (exact) mass is 306 g/mol. The van der Waals surface area contributed by atoms with Gasteiger partial charge in [-0.3, -0.25) is 10.1 Å². The first-order valence-corrected chi connectivity index (χ1v) is 7.06. The Morgan fingerprint density at radius 2 is 1.39 bits per heavy atom. The van der Waals surface area contributed by atoms with E-state index in [1.165, 1.54) is 6.07 Å². The third-order valence-electron chi connectivity index (χ3n) is 3.21. The van der Waals surface area contributed by atoms with Gasteiger partial charge in [-0.25, -0.2) is 0 Å². The van der Waals surface area contributed by atoms with Crippen molar-refractivity contribution in [1.29, 1.82) is 0 Å². The molecule has 0 unspecified atom stereocenters. The molecular formula is C18H14N2O3. The number of nitrogens with zero attached hydrogens (tertiary/aromatic N) is 1. The minimum atomic E-state index is -0.408. The average molecular weight is 306 g/mol. The smallest absolute Gasteiger partial charge is 0.292 e. The van der Waals surface area contributed by atoms with Gasteiger partial charge in [-0.1, -0.05) is 30.3 Å². The topological polar surface area (TPSA) is 64.4 Å². The van der Waals surface area contributed by atoms with Crippen molar-refractivity contribution >= 4 is 17.1 Å². The number of nitro benzene ring substituents is 1. The number of nitrogens with one attached hydrogen (secondary N) is 1. The Morgan fingerprint density at radius 3 is 2.09 bits per heavy atom. The van der Waals surface area contributed by atoms with Crippen molar-refractivity contribution in [1.82, 2.24) is 0 Å². The Kier molecular flexibility index (Phi) is 4.20. The van der Waals surface area contributed by atoms with E-state index in [1.807, 2.05) is 54.6 Å². The molecule has 0 heterocycles. The van der Waals surface area contributed by atoms with Gasteiger partial charge in [0.2, 0.25) is 0 Å². The van der Waals surface area contributed by atoms with Crippen LogP contribution in [0, 0.1) is 10.1 Å². The van der Waals surface area contributed by atoms with Gasteiger partial charge in [0.15, 0.2) is 0 Å². The van der Waals surface area contributed by atoms with Crippen LogP contribution in [0.4, 0.5) is 17.1 Å². The van der Waals surface area contributed by atoms with Crippen LogP contribution in [0.3, 0.4) is 0 Å². The lowest BCUT2D eigenvalue weighted by Gasteiger charge is -2.09. The standard InChI is InChI=1S/C18H14N2O3/c21-20(22)18-9-5-4-8-17(18)19-14-10-12-16(13-11-14)23-15-6-2-1-3-7-15/h1-13,19H. The number of ether oxygens (including phenoxy) is 1. The summed E-state index contributed by atoms with van der Waals surface area (Å²) >= 11 is 0. The zero-order chi connectivity index (χ0) is 16.1. The summed E-state index contributed by atoms with van der Waals surface area (Å²) in [6, 6.07) is 23.3. The molecule has 0 fully saturated rings. The first kappa shape index (κ1) is 14.6. The van der Waals surface area contributed by atoms with E-state index in [0.717, 1.165) is 11.4 Å². The van der Waals surface area contributed by atoms with Crippen molar-refractivity contribution < 1.29 is 9.66 Å². The third kappa shape index (κ3) is 3.65. The Balaban J connectivity index is 1.74.